The Morgan fingerprint density at radius 2 is 2.17 bits per heavy atom. The third-order valence-electron chi connectivity index (χ3n) is 2.61. The van der Waals surface area contributed by atoms with E-state index in [2.05, 4.69) is 33.2 Å². The van der Waals surface area contributed by atoms with Crippen LogP contribution < -0.4 is 5.32 Å². The smallest absolute Gasteiger partial charge is 0.144 e. The molecule has 0 amide bonds. The van der Waals surface area contributed by atoms with Gasteiger partial charge < -0.3 is 5.32 Å². The van der Waals surface area contributed by atoms with Gasteiger partial charge in [-0.05, 0) is 20.4 Å². The van der Waals surface area contributed by atoms with Crippen LogP contribution >= 0.6 is 0 Å². The first kappa shape index (κ1) is 14.4. The van der Waals surface area contributed by atoms with Crippen molar-refractivity contribution in [1.29, 1.82) is 5.26 Å². The van der Waals surface area contributed by atoms with E-state index in [1.807, 2.05) is 19.9 Å². The van der Waals surface area contributed by atoms with Gasteiger partial charge in [-0.3, -0.25) is 4.90 Å². The number of hydrogen-bond acceptors (Lipinski definition) is 5. The van der Waals surface area contributed by atoms with E-state index in [4.69, 9.17) is 5.26 Å². The van der Waals surface area contributed by atoms with Gasteiger partial charge in [0.25, 0.3) is 0 Å². The van der Waals surface area contributed by atoms with Crippen LogP contribution in [0.15, 0.2) is 6.07 Å². The van der Waals surface area contributed by atoms with Gasteiger partial charge in [0.05, 0.1) is 12.6 Å². The standard InChI is InChI=1S/C13H21N5/c1-4-15-12-9-11(3)16-13(17-12)10-18(5-2)8-6-7-14/h9H,4-6,8,10H2,1-3H3,(H,15,16,17). The Morgan fingerprint density at radius 1 is 1.39 bits per heavy atom. The molecule has 0 saturated heterocycles. The zero-order chi connectivity index (χ0) is 13.4. The van der Waals surface area contributed by atoms with Crippen LogP contribution in [0.1, 0.15) is 31.8 Å². The van der Waals surface area contributed by atoms with Crippen molar-refractivity contribution in [3.63, 3.8) is 0 Å². The molecule has 98 valence electrons. The summed E-state index contributed by atoms with van der Waals surface area (Å²) >= 11 is 0. The van der Waals surface area contributed by atoms with Crippen LogP contribution in [-0.4, -0.2) is 34.5 Å². The topological polar surface area (TPSA) is 64.8 Å². The van der Waals surface area contributed by atoms with E-state index in [0.717, 1.165) is 37.0 Å². The van der Waals surface area contributed by atoms with Crippen molar-refractivity contribution >= 4 is 5.82 Å². The number of nitrogens with one attached hydrogen (secondary N) is 1. The van der Waals surface area contributed by atoms with E-state index in [9.17, 15) is 0 Å². The molecule has 5 heteroatoms. The molecule has 0 aliphatic heterocycles. The molecule has 0 bridgehead atoms. The number of nitrogens with zero attached hydrogens (tertiary/aromatic N) is 4. The summed E-state index contributed by atoms with van der Waals surface area (Å²) in [6, 6.07) is 4.11. The van der Waals surface area contributed by atoms with Gasteiger partial charge in [0.15, 0.2) is 0 Å². The molecule has 0 unspecified atom stereocenters. The van der Waals surface area contributed by atoms with Gasteiger partial charge in [-0.1, -0.05) is 6.92 Å². The van der Waals surface area contributed by atoms with Gasteiger partial charge in [-0.15, -0.1) is 0 Å². The molecule has 0 fully saturated rings. The molecule has 0 spiro atoms. The Bertz CT molecular complexity index is 410. The number of anilines is 1. The van der Waals surface area contributed by atoms with Crippen LogP contribution in [0.5, 0.6) is 0 Å². The molecule has 0 saturated carbocycles. The first-order valence-electron chi connectivity index (χ1n) is 6.37. The predicted octanol–water partition coefficient (Wildman–Crippen LogP) is 1.95. The zero-order valence-corrected chi connectivity index (χ0v) is 11.4. The van der Waals surface area contributed by atoms with Crippen molar-refractivity contribution in [3.05, 3.63) is 17.6 Å². The van der Waals surface area contributed by atoms with Crippen molar-refractivity contribution in [1.82, 2.24) is 14.9 Å². The van der Waals surface area contributed by atoms with Crippen LogP contribution in [0.4, 0.5) is 5.82 Å². The molecule has 1 aromatic heterocycles. The Kier molecular flexibility index (Phi) is 6.09. The van der Waals surface area contributed by atoms with Gasteiger partial charge in [0.2, 0.25) is 0 Å². The zero-order valence-electron chi connectivity index (χ0n) is 11.4. The molecular weight excluding hydrogens is 226 g/mol. The molecular formula is C13H21N5. The Balaban J connectivity index is 2.72. The monoisotopic (exact) mass is 247 g/mol. The van der Waals surface area contributed by atoms with Crippen molar-refractivity contribution < 1.29 is 0 Å². The second kappa shape index (κ2) is 7.62. The minimum Gasteiger partial charge on any atom is -0.370 e. The molecule has 0 aromatic carbocycles. The van der Waals surface area contributed by atoms with E-state index >= 15 is 0 Å². The Hall–Kier alpha value is -1.67. The summed E-state index contributed by atoms with van der Waals surface area (Å²) < 4.78 is 0. The summed E-state index contributed by atoms with van der Waals surface area (Å²) in [7, 11) is 0. The van der Waals surface area contributed by atoms with Crippen LogP contribution in [0, 0.1) is 18.3 Å². The summed E-state index contributed by atoms with van der Waals surface area (Å²) in [5.41, 5.74) is 0.965. The van der Waals surface area contributed by atoms with Crippen LogP contribution in [0.2, 0.25) is 0 Å². The van der Waals surface area contributed by atoms with Gasteiger partial charge in [-0.2, -0.15) is 5.26 Å². The number of nitriles is 1. The third kappa shape index (κ3) is 4.68. The highest BCUT2D eigenvalue weighted by Gasteiger charge is 2.07. The number of aromatic nitrogens is 2. The largest absolute Gasteiger partial charge is 0.370 e. The summed E-state index contributed by atoms with van der Waals surface area (Å²) in [5.74, 6) is 1.68. The maximum absolute atomic E-state index is 8.62. The summed E-state index contributed by atoms with van der Waals surface area (Å²) in [6.45, 7) is 9.30. The van der Waals surface area contributed by atoms with Crippen molar-refractivity contribution in [2.24, 2.45) is 0 Å². The molecule has 5 nitrogen and oxygen atoms in total. The lowest BCUT2D eigenvalue weighted by atomic mass is 10.3. The lowest BCUT2D eigenvalue weighted by Crippen LogP contribution is -2.25. The molecule has 1 aromatic rings. The van der Waals surface area contributed by atoms with Crippen molar-refractivity contribution in [2.45, 2.75) is 33.7 Å². The Labute approximate surface area is 109 Å². The second-order valence-corrected chi connectivity index (χ2v) is 4.12. The number of aryl methyl sites for hydroxylation is 1. The Morgan fingerprint density at radius 3 is 2.78 bits per heavy atom. The fourth-order valence-electron chi connectivity index (χ4n) is 1.73. The maximum Gasteiger partial charge on any atom is 0.144 e. The minimum atomic E-state index is 0.541. The summed E-state index contributed by atoms with van der Waals surface area (Å²) in [4.78, 5) is 11.1. The predicted molar refractivity (Wildman–Crippen MR) is 72.1 cm³/mol. The van der Waals surface area contributed by atoms with Gasteiger partial charge in [0.1, 0.15) is 11.6 Å². The first-order chi connectivity index (χ1) is 8.69. The lowest BCUT2D eigenvalue weighted by molar-refractivity contribution is 0.279. The second-order valence-electron chi connectivity index (χ2n) is 4.12. The summed E-state index contributed by atoms with van der Waals surface area (Å²) in [5, 5.41) is 11.8. The van der Waals surface area contributed by atoms with E-state index in [0.29, 0.717) is 13.0 Å². The average Bonchev–Trinajstić information content (AvgIpc) is 2.34. The number of hydrogen-bond donors (Lipinski definition) is 1. The first-order valence-corrected chi connectivity index (χ1v) is 6.37. The van der Waals surface area contributed by atoms with Gasteiger partial charge >= 0.3 is 0 Å². The lowest BCUT2D eigenvalue weighted by Gasteiger charge is -2.18. The summed E-state index contributed by atoms with van der Waals surface area (Å²) in [6.07, 6.45) is 0.541. The molecule has 1 N–H and O–H groups in total. The highest BCUT2D eigenvalue weighted by atomic mass is 15.1. The highest BCUT2D eigenvalue weighted by Crippen LogP contribution is 2.08. The fourth-order valence-corrected chi connectivity index (χ4v) is 1.73. The van der Waals surface area contributed by atoms with Gasteiger partial charge in [0, 0.05) is 31.3 Å². The molecule has 1 heterocycles. The van der Waals surface area contributed by atoms with E-state index in [1.54, 1.807) is 0 Å². The molecule has 0 radical (unpaired) electrons. The molecule has 0 aliphatic rings. The molecule has 18 heavy (non-hydrogen) atoms. The minimum absolute atomic E-state index is 0.541. The van der Waals surface area contributed by atoms with Gasteiger partial charge in [-0.25, -0.2) is 9.97 Å². The quantitative estimate of drug-likeness (QED) is 0.797. The van der Waals surface area contributed by atoms with Crippen LogP contribution in [0.3, 0.4) is 0 Å². The number of rotatable bonds is 7. The van der Waals surface area contributed by atoms with Crippen molar-refractivity contribution in [2.75, 3.05) is 25.0 Å². The molecule has 0 aliphatic carbocycles. The van der Waals surface area contributed by atoms with Crippen molar-refractivity contribution in [3.8, 4) is 6.07 Å². The highest BCUT2D eigenvalue weighted by molar-refractivity contribution is 5.35. The normalized spacial score (nSPS) is 10.4. The molecule has 0 atom stereocenters. The maximum atomic E-state index is 8.62. The average molecular weight is 247 g/mol. The third-order valence-corrected chi connectivity index (χ3v) is 2.61. The fraction of sp³-hybridized carbons (Fsp3) is 0.615. The van der Waals surface area contributed by atoms with E-state index < -0.39 is 0 Å². The van der Waals surface area contributed by atoms with Crippen LogP contribution in [-0.2, 0) is 6.54 Å². The SMILES string of the molecule is CCNc1cc(C)nc(CN(CC)CCC#N)n1. The van der Waals surface area contributed by atoms with E-state index in [-0.39, 0.29) is 0 Å². The van der Waals surface area contributed by atoms with Crippen LogP contribution in [0.25, 0.3) is 0 Å². The molecule has 1 rings (SSSR count). The van der Waals surface area contributed by atoms with E-state index in [1.165, 1.54) is 0 Å².